The number of aromatic nitrogens is 4. The van der Waals surface area contributed by atoms with E-state index in [0.717, 1.165) is 22.6 Å². The maximum atomic E-state index is 6.04. The van der Waals surface area contributed by atoms with Gasteiger partial charge in [0, 0.05) is 28.0 Å². The van der Waals surface area contributed by atoms with Crippen LogP contribution in [-0.2, 0) is 6.54 Å². The fourth-order valence-electron chi connectivity index (χ4n) is 2.11. The van der Waals surface area contributed by atoms with Crippen molar-refractivity contribution < 1.29 is 0 Å². The number of nitrogens with zero attached hydrogens (tertiary/aromatic N) is 4. The summed E-state index contributed by atoms with van der Waals surface area (Å²) >= 11 is 12.1. The van der Waals surface area contributed by atoms with Crippen molar-refractivity contribution in [3.8, 4) is 11.1 Å². The van der Waals surface area contributed by atoms with Crippen molar-refractivity contribution in [1.82, 2.24) is 19.7 Å². The van der Waals surface area contributed by atoms with E-state index < -0.39 is 0 Å². The molecule has 0 unspecified atom stereocenters. The summed E-state index contributed by atoms with van der Waals surface area (Å²) < 4.78 is 2.01. The van der Waals surface area contributed by atoms with Crippen LogP contribution >= 0.6 is 23.2 Å². The van der Waals surface area contributed by atoms with E-state index in [0.29, 0.717) is 16.6 Å². The Kier molecular flexibility index (Phi) is 3.90. The van der Waals surface area contributed by atoms with E-state index in [4.69, 9.17) is 23.2 Å². The molecule has 0 N–H and O–H groups in total. The van der Waals surface area contributed by atoms with E-state index in [9.17, 15) is 0 Å². The molecule has 0 aliphatic carbocycles. The maximum absolute atomic E-state index is 6.04. The molecule has 2 heterocycles. The van der Waals surface area contributed by atoms with Crippen molar-refractivity contribution in [2.24, 2.45) is 0 Å². The predicted molar refractivity (Wildman–Crippen MR) is 83.6 cm³/mol. The average molecular weight is 319 g/mol. The first-order valence-electron chi connectivity index (χ1n) is 6.37. The maximum Gasteiger partial charge on any atom is 0.105 e. The van der Waals surface area contributed by atoms with E-state index in [1.807, 2.05) is 35.9 Å². The van der Waals surface area contributed by atoms with Crippen LogP contribution in [0.5, 0.6) is 0 Å². The molecule has 0 bridgehead atoms. The average Bonchev–Trinajstić information content (AvgIpc) is 2.84. The second kappa shape index (κ2) is 5.84. The number of imidazole rings is 1. The van der Waals surface area contributed by atoms with Gasteiger partial charge in [-0.05, 0) is 36.8 Å². The number of hydrogen-bond donors (Lipinski definition) is 0. The minimum absolute atomic E-state index is 0.598. The Morgan fingerprint density at radius 1 is 1.05 bits per heavy atom. The van der Waals surface area contributed by atoms with Gasteiger partial charge in [-0.25, -0.2) is 4.98 Å². The fourth-order valence-corrected chi connectivity index (χ4v) is 2.64. The lowest BCUT2D eigenvalue weighted by Crippen LogP contribution is -2.04. The van der Waals surface area contributed by atoms with Crippen LogP contribution in [0.25, 0.3) is 11.1 Å². The van der Waals surface area contributed by atoms with Crippen LogP contribution in [-0.4, -0.2) is 19.7 Å². The Morgan fingerprint density at radius 2 is 1.81 bits per heavy atom. The quantitative estimate of drug-likeness (QED) is 0.733. The van der Waals surface area contributed by atoms with Gasteiger partial charge < -0.3 is 4.57 Å². The molecule has 0 spiro atoms. The highest BCUT2D eigenvalue weighted by Gasteiger charge is 2.06. The van der Waals surface area contributed by atoms with E-state index in [1.165, 1.54) is 0 Å². The van der Waals surface area contributed by atoms with Gasteiger partial charge in [0.1, 0.15) is 5.82 Å². The Hall–Kier alpha value is -1.91. The SMILES string of the molecule is Cc1nccn1Cc1cc(-c2cc(Cl)cc(Cl)c2)cnn1. The Morgan fingerprint density at radius 3 is 2.48 bits per heavy atom. The summed E-state index contributed by atoms with van der Waals surface area (Å²) in [7, 11) is 0. The number of aryl methyl sites for hydroxylation is 1. The van der Waals surface area contributed by atoms with Crippen molar-refractivity contribution in [3.63, 3.8) is 0 Å². The molecule has 0 radical (unpaired) electrons. The van der Waals surface area contributed by atoms with Crippen LogP contribution in [0.3, 0.4) is 0 Å². The van der Waals surface area contributed by atoms with Gasteiger partial charge in [-0.3, -0.25) is 0 Å². The molecule has 21 heavy (non-hydrogen) atoms. The summed E-state index contributed by atoms with van der Waals surface area (Å²) in [5, 5.41) is 9.42. The first kappa shape index (κ1) is 14.0. The Bertz CT molecular complexity index is 763. The minimum Gasteiger partial charge on any atom is -0.329 e. The Balaban J connectivity index is 1.94. The predicted octanol–water partition coefficient (Wildman–Crippen LogP) is 4.00. The minimum atomic E-state index is 0.598. The molecule has 0 aliphatic rings. The zero-order valence-corrected chi connectivity index (χ0v) is 12.8. The van der Waals surface area contributed by atoms with Crippen molar-refractivity contribution in [3.05, 3.63) is 64.4 Å². The molecule has 0 saturated heterocycles. The van der Waals surface area contributed by atoms with Crippen molar-refractivity contribution in [2.75, 3.05) is 0 Å². The van der Waals surface area contributed by atoms with Gasteiger partial charge in [-0.2, -0.15) is 10.2 Å². The lowest BCUT2D eigenvalue weighted by Gasteiger charge is -2.07. The summed E-state index contributed by atoms with van der Waals surface area (Å²) in [6.45, 7) is 2.58. The molecule has 2 aromatic heterocycles. The molecule has 106 valence electrons. The van der Waals surface area contributed by atoms with Crippen LogP contribution in [0.1, 0.15) is 11.5 Å². The van der Waals surface area contributed by atoms with Crippen LogP contribution in [0.2, 0.25) is 10.0 Å². The number of hydrogen-bond acceptors (Lipinski definition) is 3. The van der Waals surface area contributed by atoms with Gasteiger partial charge >= 0.3 is 0 Å². The zero-order valence-electron chi connectivity index (χ0n) is 11.3. The first-order valence-corrected chi connectivity index (χ1v) is 7.13. The summed E-state index contributed by atoms with van der Waals surface area (Å²) in [4.78, 5) is 4.20. The molecule has 6 heteroatoms. The fraction of sp³-hybridized carbons (Fsp3) is 0.133. The lowest BCUT2D eigenvalue weighted by atomic mass is 10.1. The molecule has 3 aromatic rings. The zero-order chi connectivity index (χ0) is 14.8. The molecule has 3 rings (SSSR count). The van der Waals surface area contributed by atoms with Gasteiger partial charge in [0.15, 0.2) is 0 Å². The standard InChI is InChI=1S/C15H12Cl2N4/c1-10-18-2-3-21(10)9-15-6-12(8-19-20-15)11-4-13(16)7-14(17)5-11/h2-8H,9H2,1H3. The summed E-state index contributed by atoms with van der Waals surface area (Å²) in [5.74, 6) is 0.938. The van der Waals surface area contributed by atoms with E-state index in [1.54, 1.807) is 18.5 Å². The smallest absolute Gasteiger partial charge is 0.105 e. The number of rotatable bonds is 3. The molecule has 4 nitrogen and oxygen atoms in total. The van der Waals surface area contributed by atoms with Gasteiger partial charge in [-0.1, -0.05) is 23.2 Å². The lowest BCUT2D eigenvalue weighted by molar-refractivity contribution is 0.727. The molecule has 0 saturated carbocycles. The van der Waals surface area contributed by atoms with Crippen LogP contribution < -0.4 is 0 Å². The summed E-state index contributed by atoms with van der Waals surface area (Å²) in [6.07, 6.45) is 5.38. The molecule has 0 amide bonds. The van der Waals surface area contributed by atoms with E-state index >= 15 is 0 Å². The van der Waals surface area contributed by atoms with Gasteiger partial charge in [0.05, 0.1) is 18.4 Å². The molecular weight excluding hydrogens is 307 g/mol. The van der Waals surface area contributed by atoms with E-state index in [2.05, 4.69) is 15.2 Å². The highest BCUT2D eigenvalue weighted by Crippen LogP contribution is 2.27. The number of benzene rings is 1. The monoisotopic (exact) mass is 318 g/mol. The van der Waals surface area contributed by atoms with Crippen molar-refractivity contribution in [1.29, 1.82) is 0 Å². The molecular formula is C15H12Cl2N4. The molecule has 0 atom stereocenters. The highest BCUT2D eigenvalue weighted by atomic mass is 35.5. The van der Waals surface area contributed by atoms with Gasteiger partial charge in [0.2, 0.25) is 0 Å². The van der Waals surface area contributed by atoms with Crippen LogP contribution in [0, 0.1) is 6.92 Å². The third-order valence-electron chi connectivity index (χ3n) is 3.16. The third-order valence-corrected chi connectivity index (χ3v) is 3.59. The summed E-state index contributed by atoms with van der Waals surface area (Å²) in [6, 6.07) is 7.40. The van der Waals surface area contributed by atoms with E-state index in [-0.39, 0.29) is 0 Å². The van der Waals surface area contributed by atoms with Gasteiger partial charge in [-0.15, -0.1) is 0 Å². The molecule has 0 aliphatic heterocycles. The second-order valence-electron chi connectivity index (χ2n) is 4.70. The van der Waals surface area contributed by atoms with Crippen LogP contribution in [0.4, 0.5) is 0 Å². The topological polar surface area (TPSA) is 43.6 Å². The molecule has 0 fully saturated rings. The van der Waals surface area contributed by atoms with Crippen LogP contribution in [0.15, 0.2) is 42.9 Å². The normalized spacial score (nSPS) is 10.8. The van der Waals surface area contributed by atoms with Crippen molar-refractivity contribution in [2.45, 2.75) is 13.5 Å². The van der Waals surface area contributed by atoms with Crippen molar-refractivity contribution >= 4 is 23.2 Å². The largest absolute Gasteiger partial charge is 0.329 e. The summed E-state index contributed by atoms with van der Waals surface area (Å²) in [5.41, 5.74) is 2.71. The first-order chi connectivity index (χ1) is 10.1. The third kappa shape index (κ3) is 3.23. The number of halogens is 2. The van der Waals surface area contributed by atoms with Gasteiger partial charge in [0.25, 0.3) is 0 Å². The highest BCUT2D eigenvalue weighted by molar-refractivity contribution is 6.35. The Labute approximate surface area is 132 Å². The molecule has 1 aromatic carbocycles. The second-order valence-corrected chi connectivity index (χ2v) is 5.57.